The monoisotopic (exact) mass is 224 g/mol. The molecule has 0 bridgehead atoms. The van der Waals surface area contributed by atoms with Crippen molar-refractivity contribution in [3.63, 3.8) is 0 Å². The third-order valence-electron chi connectivity index (χ3n) is 4.79. The molecular formula is C13H24N2O. The Labute approximate surface area is 98.2 Å². The molecule has 1 aliphatic carbocycles. The lowest BCUT2D eigenvalue weighted by Gasteiger charge is -2.35. The van der Waals surface area contributed by atoms with Gasteiger partial charge in [-0.1, -0.05) is 12.8 Å². The van der Waals surface area contributed by atoms with Gasteiger partial charge in [-0.2, -0.15) is 0 Å². The van der Waals surface area contributed by atoms with Crippen molar-refractivity contribution in [3.05, 3.63) is 0 Å². The Balaban J connectivity index is 1.63. The van der Waals surface area contributed by atoms with Gasteiger partial charge in [0.25, 0.3) is 0 Å². The Morgan fingerprint density at radius 1 is 1.00 bits per heavy atom. The topological polar surface area (TPSA) is 35.5 Å². The summed E-state index contributed by atoms with van der Waals surface area (Å²) in [4.78, 5) is 2.57. The number of fused-ring (bicyclic) bond motifs is 1. The van der Waals surface area contributed by atoms with Crippen molar-refractivity contribution >= 4 is 0 Å². The van der Waals surface area contributed by atoms with Crippen molar-refractivity contribution in [2.24, 2.45) is 5.92 Å². The third kappa shape index (κ3) is 2.01. The predicted octanol–water partition coefficient (Wildman–Crippen LogP) is 0.974. The van der Waals surface area contributed by atoms with Crippen LogP contribution in [0.4, 0.5) is 0 Å². The second-order valence-electron chi connectivity index (χ2n) is 5.84. The normalized spacial score (nSPS) is 45.6. The summed E-state index contributed by atoms with van der Waals surface area (Å²) in [6, 6.07) is 1.17. The maximum absolute atomic E-state index is 10.1. The SMILES string of the molecule is OC1CCCCC1N1C[C@@H]2CCCN[C@@H]2C1. The van der Waals surface area contributed by atoms with E-state index in [0.717, 1.165) is 12.3 Å². The van der Waals surface area contributed by atoms with Crippen LogP contribution in [0.25, 0.3) is 0 Å². The number of piperidine rings is 1. The minimum Gasteiger partial charge on any atom is -0.391 e. The van der Waals surface area contributed by atoms with Crippen LogP contribution in [0.15, 0.2) is 0 Å². The Kier molecular flexibility index (Phi) is 3.18. The molecule has 3 nitrogen and oxygen atoms in total. The molecule has 3 aliphatic rings. The first kappa shape index (κ1) is 11.0. The van der Waals surface area contributed by atoms with Crippen LogP contribution in [0.5, 0.6) is 0 Å². The van der Waals surface area contributed by atoms with E-state index in [1.807, 2.05) is 0 Å². The number of nitrogens with one attached hydrogen (secondary N) is 1. The van der Waals surface area contributed by atoms with Crippen molar-refractivity contribution in [1.82, 2.24) is 10.2 Å². The lowest BCUT2D eigenvalue weighted by Crippen LogP contribution is -2.45. The van der Waals surface area contributed by atoms with E-state index in [-0.39, 0.29) is 6.10 Å². The van der Waals surface area contributed by atoms with Crippen LogP contribution < -0.4 is 5.32 Å². The molecule has 0 aromatic carbocycles. The van der Waals surface area contributed by atoms with E-state index in [9.17, 15) is 5.11 Å². The van der Waals surface area contributed by atoms with E-state index >= 15 is 0 Å². The second-order valence-corrected chi connectivity index (χ2v) is 5.84. The van der Waals surface area contributed by atoms with Gasteiger partial charge < -0.3 is 10.4 Å². The van der Waals surface area contributed by atoms with Gasteiger partial charge in [0.1, 0.15) is 0 Å². The summed E-state index contributed by atoms with van der Waals surface area (Å²) in [5.41, 5.74) is 0. The van der Waals surface area contributed by atoms with E-state index in [4.69, 9.17) is 0 Å². The predicted molar refractivity (Wildman–Crippen MR) is 64.4 cm³/mol. The average molecular weight is 224 g/mol. The Bertz CT molecular complexity index is 232. The van der Waals surface area contributed by atoms with Crippen molar-refractivity contribution in [3.8, 4) is 0 Å². The second kappa shape index (κ2) is 4.63. The first-order chi connectivity index (χ1) is 7.84. The average Bonchev–Trinajstić information content (AvgIpc) is 2.73. The molecule has 2 saturated heterocycles. The van der Waals surface area contributed by atoms with E-state index in [0.29, 0.717) is 12.1 Å². The fourth-order valence-corrected chi connectivity index (χ4v) is 3.87. The zero-order chi connectivity index (χ0) is 11.0. The van der Waals surface area contributed by atoms with E-state index in [2.05, 4.69) is 10.2 Å². The summed E-state index contributed by atoms with van der Waals surface area (Å²) in [6.07, 6.45) is 7.41. The van der Waals surface area contributed by atoms with Gasteiger partial charge in [0.2, 0.25) is 0 Å². The summed E-state index contributed by atoms with van der Waals surface area (Å²) < 4.78 is 0. The van der Waals surface area contributed by atoms with Crippen LogP contribution in [0.2, 0.25) is 0 Å². The number of hydrogen-bond acceptors (Lipinski definition) is 3. The molecule has 3 rings (SSSR count). The maximum atomic E-state index is 10.1. The fraction of sp³-hybridized carbons (Fsp3) is 1.00. The molecule has 0 amide bonds. The van der Waals surface area contributed by atoms with Crippen LogP contribution in [0, 0.1) is 5.92 Å². The number of nitrogens with zero attached hydrogens (tertiary/aromatic N) is 1. The highest BCUT2D eigenvalue weighted by atomic mass is 16.3. The standard InChI is InChI=1S/C13H24N2O/c16-13-6-2-1-5-12(13)15-8-10-4-3-7-14-11(10)9-15/h10-14,16H,1-9H2/t10-,11+,12?,13?/m0/s1. The lowest BCUT2D eigenvalue weighted by atomic mass is 9.91. The van der Waals surface area contributed by atoms with E-state index in [1.165, 1.54) is 51.7 Å². The van der Waals surface area contributed by atoms with Crippen molar-refractivity contribution < 1.29 is 5.11 Å². The zero-order valence-corrected chi connectivity index (χ0v) is 10.1. The van der Waals surface area contributed by atoms with Gasteiger partial charge in [-0.3, -0.25) is 4.90 Å². The van der Waals surface area contributed by atoms with Crippen LogP contribution in [0.3, 0.4) is 0 Å². The minimum atomic E-state index is -0.0612. The fourth-order valence-electron chi connectivity index (χ4n) is 3.87. The summed E-state index contributed by atoms with van der Waals surface area (Å²) >= 11 is 0. The van der Waals surface area contributed by atoms with Crippen LogP contribution in [-0.2, 0) is 0 Å². The highest BCUT2D eigenvalue weighted by Crippen LogP contribution is 2.31. The summed E-state index contributed by atoms with van der Waals surface area (Å²) in [5.74, 6) is 0.850. The molecule has 16 heavy (non-hydrogen) atoms. The summed E-state index contributed by atoms with van der Waals surface area (Å²) in [6.45, 7) is 3.59. The van der Waals surface area contributed by atoms with E-state index in [1.54, 1.807) is 0 Å². The quantitative estimate of drug-likeness (QED) is 0.697. The van der Waals surface area contributed by atoms with Crippen molar-refractivity contribution in [2.75, 3.05) is 19.6 Å². The Morgan fingerprint density at radius 3 is 2.69 bits per heavy atom. The van der Waals surface area contributed by atoms with Gasteiger partial charge in [0, 0.05) is 25.2 Å². The number of likely N-dealkylation sites (tertiary alicyclic amines) is 1. The van der Waals surface area contributed by atoms with Gasteiger partial charge in [-0.25, -0.2) is 0 Å². The van der Waals surface area contributed by atoms with Gasteiger partial charge in [-0.15, -0.1) is 0 Å². The molecule has 92 valence electrons. The number of hydrogen-bond donors (Lipinski definition) is 2. The smallest absolute Gasteiger partial charge is 0.0695 e. The highest BCUT2D eigenvalue weighted by Gasteiger charge is 2.39. The first-order valence-corrected chi connectivity index (χ1v) is 7.00. The van der Waals surface area contributed by atoms with Crippen LogP contribution in [0.1, 0.15) is 38.5 Å². The van der Waals surface area contributed by atoms with Crippen LogP contribution >= 0.6 is 0 Å². The molecular weight excluding hydrogens is 200 g/mol. The third-order valence-corrected chi connectivity index (χ3v) is 4.79. The Morgan fingerprint density at radius 2 is 1.88 bits per heavy atom. The lowest BCUT2D eigenvalue weighted by molar-refractivity contribution is 0.0290. The number of aliphatic hydroxyl groups is 1. The molecule has 3 fully saturated rings. The molecule has 2 heterocycles. The number of aliphatic hydroxyl groups excluding tert-OH is 1. The van der Waals surface area contributed by atoms with E-state index < -0.39 is 0 Å². The highest BCUT2D eigenvalue weighted by molar-refractivity contribution is 4.96. The van der Waals surface area contributed by atoms with Crippen molar-refractivity contribution in [2.45, 2.75) is 56.7 Å². The molecule has 2 aliphatic heterocycles. The molecule has 2 N–H and O–H groups in total. The molecule has 0 radical (unpaired) electrons. The minimum absolute atomic E-state index is 0.0612. The van der Waals surface area contributed by atoms with Crippen LogP contribution in [-0.4, -0.2) is 47.8 Å². The largest absolute Gasteiger partial charge is 0.391 e. The van der Waals surface area contributed by atoms with Gasteiger partial charge in [-0.05, 0) is 38.1 Å². The summed E-state index contributed by atoms with van der Waals surface area (Å²) in [5, 5.41) is 13.7. The molecule has 0 spiro atoms. The van der Waals surface area contributed by atoms with Gasteiger partial charge >= 0.3 is 0 Å². The van der Waals surface area contributed by atoms with Crippen molar-refractivity contribution in [1.29, 1.82) is 0 Å². The Hall–Kier alpha value is -0.120. The molecule has 1 saturated carbocycles. The first-order valence-electron chi connectivity index (χ1n) is 7.00. The molecule has 3 heteroatoms. The van der Waals surface area contributed by atoms with Gasteiger partial charge in [0.15, 0.2) is 0 Å². The molecule has 0 aromatic rings. The maximum Gasteiger partial charge on any atom is 0.0695 e. The molecule has 2 unspecified atom stereocenters. The number of rotatable bonds is 1. The molecule has 4 atom stereocenters. The summed E-state index contributed by atoms with van der Waals surface area (Å²) in [7, 11) is 0. The zero-order valence-electron chi connectivity index (χ0n) is 10.1. The van der Waals surface area contributed by atoms with Gasteiger partial charge in [0.05, 0.1) is 6.10 Å². The molecule has 0 aromatic heterocycles.